The highest BCUT2D eigenvalue weighted by molar-refractivity contribution is 6.32. The normalized spacial score (nSPS) is 12.0. The Labute approximate surface area is 118 Å². The zero-order chi connectivity index (χ0) is 14.3. The second kappa shape index (κ2) is 7.99. The number of para-hydroxylation sites is 1. The predicted octanol–water partition coefficient (Wildman–Crippen LogP) is 1.33. The molecule has 1 unspecified atom stereocenters. The van der Waals surface area contributed by atoms with Gasteiger partial charge in [0, 0.05) is 25.3 Å². The van der Waals surface area contributed by atoms with Crippen LogP contribution in [0.5, 0.6) is 5.75 Å². The zero-order valence-corrected chi connectivity index (χ0v) is 11.9. The van der Waals surface area contributed by atoms with Crippen molar-refractivity contribution in [3.8, 4) is 5.75 Å². The highest BCUT2D eigenvalue weighted by Gasteiger charge is 2.11. The third-order valence-corrected chi connectivity index (χ3v) is 2.74. The molecule has 1 aromatic carbocycles. The van der Waals surface area contributed by atoms with Crippen molar-refractivity contribution in [2.24, 2.45) is 5.73 Å². The Hall–Kier alpha value is -1.30. The fourth-order valence-corrected chi connectivity index (χ4v) is 1.87. The average Bonchev–Trinajstić information content (AvgIpc) is 2.37. The molecule has 5 nitrogen and oxygen atoms in total. The number of rotatable bonds is 7. The largest absolute Gasteiger partial charge is 0.482 e. The van der Waals surface area contributed by atoms with Gasteiger partial charge in [-0.1, -0.05) is 23.7 Å². The van der Waals surface area contributed by atoms with Crippen molar-refractivity contribution < 1.29 is 14.3 Å². The van der Waals surface area contributed by atoms with Crippen LogP contribution in [0.3, 0.4) is 0 Å². The number of nitrogens with one attached hydrogen (secondary N) is 1. The maximum absolute atomic E-state index is 11.6. The fraction of sp³-hybridized carbons (Fsp3) is 0.462. The van der Waals surface area contributed by atoms with E-state index in [0.717, 1.165) is 5.56 Å². The van der Waals surface area contributed by atoms with Gasteiger partial charge in [0.2, 0.25) is 0 Å². The average molecular weight is 287 g/mol. The predicted molar refractivity (Wildman–Crippen MR) is 74.3 cm³/mol. The van der Waals surface area contributed by atoms with Crippen LogP contribution in [0.2, 0.25) is 5.02 Å². The van der Waals surface area contributed by atoms with Gasteiger partial charge in [0.15, 0.2) is 6.61 Å². The Morgan fingerprint density at radius 1 is 1.53 bits per heavy atom. The molecule has 0 bridgehead atoms. The van der Waals surface area contributed by atoms with Crippen LogP contribution in [0.15, 0.2) is 18.2 Å². The summed E-state index contributed by atoms with van der Waals surface area (Å²) in [5.74, 6) is 0.230. The topological polar surface area (TPSA) is 73.6 Å². The van der Waals surface area contributed by atoms with Gasteiger partial charge >= 0.3 is 0 Å². The Balaban J connectivity index is 2.55. The number of carbonyl (C=O) groups is 1. The molecule has 106 valence electrons. The third-order valence-electron chi connectivity index (χ3n) is 2.44. The molecule has 0 fully saturated rings. The molecule has 1 rings (SSSR count). The van der Waals surface area contributed by atoms with E-state index < -0.39 is 0 Å². The number of hydrogen-bond donors (Lipinski definition) is 2. The molecular formula is C13H19ClN2O3. The van der Waals surface area contributed by atoms with Gasteiger partial charge in [-0.25, -0.2) is 0 Å². The number of amides is 1. The SMILES string of the molecule is COCC(C)NC(=O)COc1c(Cl)cccc1CN. The van der Waals surface area contributed by atoms with Gasteiger partial charge in [0.05, 0.1) is 11.6 Å². The van der Waals surface area contributed by atoms with E-state index in [4.69, 9.17) is 26.8 Å². The monoisotopic (exact) mass is 286 g/mol. The number of ether oxygens (including phenoxy) is 2. The molecule has 0 aromatic heterocycles. The molecule has 0 saturated carbocycles. The van der Waals surface area contributed by atoms with Crippen LogP contribution in [0.4, 0.5) is 0 Å². The minimum atomic E-state index is -0.229. The molecule has 0 radical (unpaired) electrons. The van der Waals surface area contributed by atoms with Gasteiger partial charge in [0.25, 0.3) is 5.91 Å². The summed E-state index contributed by atoms with van der Waals surface area (Å²) in [7, 11) is 1.58. The van der Waals surface area contributed by atoms with Gasteiger partial charge < -0.3 is 20.5 Å². The summed E-state index contributed by atoms with van der Waals surface area (Å²) in [6, 6.07) is 5.23. The van der Waals surface area contributed by atoms with E-state index in [1.54, 1.807) is 19.2 Å². The number of benzene rings is 1. The Morgan fingerprint density at radius 3 is 2.89 bits per heavy atom. The van der Waals surface area contributed by atoms with Crippen LogP contribution in [0.1, 0.15) is 12.5 Å². The lowest BCUT2D eigenvalue weighted by Gasteiger charge is -2.15. The highest BCUT2D eigenvalue weighted by atomic mass is 35.5. The lowest BCUT2D eigenvalue weighted by Crippen LogP contribution is -2.38. The smallest absolute Gasteiger partial charge is 0.258 e. The molecule has 0 aliphatic rings. The van der Waals surface area contributed by atoms with Crippen molar-refractivity contribution in [1.82, 2.24) is 5.32 Å². The highest BCUT2D eigenvalue weighted by Crippen LogP contribution is 2.28. The number of nitrogens with two attached hydrogens (primary N) is 1. The number of methoxy groups -OCH3 is 1. The summed E-state index contributed by atoms with van der Waals surface area (Å²) in [4.78, 5) is 11.6. The Kier molecular flexibility index (Phi) is 6.62. The Bertz CT molecular complexity index is 426. The molecule has 0 saturated heterocycles. The summed E-state index contributed by atoms with van der Waals surface area (Å²) in [6.45, 7) is 2.50. The molecular weight excluding hydrogens is 268 g/mol. The van der Waals surface area contributed by atoms with Gasteiger partial charge in [-0.3, -0.25) is 4.79 Å². The summed E-state index contributed by atoms with van der Waals surface area (Å²) in [6.07, 6.45) is 0. The molecule has 1 atom stereocenters. The quantitative estimate of drug-likeness (QED) is 0.793. The van der Waals surface area contributed by atoms with Crippen LogP contribution in [-0.4, -0.2) is 32.3 Å². The molecule has 6 heteroatoms. The molecule has 3 N–H and O–H groups in total. The lowest BCUT2D eigenvalue weighted by molar-refractivity contribution is -0.124. The van der Waals surface area contributed by atoms with Crippen molar-refractivity contribution >= 4 is 17.5 Å². The van der Waals surface area contributed by atoms with Crippen molar-refractivity contribution in [2.75, 3.05) is 20.3 Å². The summed E-state index contributed by atoms with van der Waals surface area (Å²) in [5, 5.41) is 3.19. The zero-order valence-electron chi connectivity index (χ0n) is 11.1. The van der Waals surface area contributed by atoms with Crippen LogP contribution < -0.4 is 15.8 Å². The second-order valence-electron chi connectivity index (χ2n) is 4.14. The first-order chi connectivity index (χ1) is 9.08. The van der Waals surface area contributed by atoms with Crippen molar-refractivity contribution in [3.05, 3.63) is 28.8 Å². The van der Waals surface area contributed by atoms with E-state index >= 15 is 0 Å². The van der Waals surface area contributed by atoms with Crippen molar-refractivity contribution in [1.29, 1.82) is 0 Å². The number of halogens is 1. The standard InChI is InChI=1S/C13H19ClN2O3/c1-9(7-18-2)16-12(17)8-19-13-10(6-15)4-3-5-11(13)14/h3-5,9H,6-8,15H2,1-2H3,(H,16,17). The number of hydrogen-bond acceptors (Lipinski definition) is 4. The first-order valence-electron chi connectivity index (χ1n) is 5.97. The minimum absolute atomic E-state index is 0.0682. The molecule has 1 aromatic rings. The Morgan fingerprint density at radius 2 is 2.26 bits per heavy atom. The van der Waals surface area contributed by atoms with Crippen LogP contribution in [0.25, 0.3) is 0 Å². The third kappa shape index (κ3) is 5.06. The lowest BCUT2D eigenvalue weighted by atomic mass is 10.2. The molecule has 0 spiro atoms. The van der Waals surface area contributed by atoms with Crippen LogP contribution >= 0.6 is 11.6 Å². The van der Waals surface area contributed by atoms with Gasteiger partial charge in [-0.15, -0.1) is 0 Å². The number of carbonyl (C=O) groups excluding carboxylic acids is 1. The maximum atomic E-state index is 11.6. The van der Waals surface area contributed by atoms with E-state index in [-0.39, 0.29) is 18.6 Å². The maximum Gasteiger partial charge on any atom is 0.258 e. The van der Waals surface area contributed by atoms with Crippen molar-refractivity contribution in [3.63, 3.8) is 0 Å². The second-order valence-corrected chi connectivity index (χ2v) is 4.55. The summed E-state index contributed by atoms with van der Waals surface area (Å²) < 4.78 is 10.4. The van der Waals surface area contributed by atoms with Crippen LogP contribution in [0, 0.1) is 0 Å². The van der Waals surface area contributed by atoms with E-state index in [0.29, 0.717) is 23.9 Å². The minimum Gasteiger partial charge on any atom is -0.482 e. The van der Waals surface area contributed by atoms with Gasteiger partial charge in [0.1, 0.15) is 5.75 Å². The van der Waals surface area contributed by atoms with Gasteiger partial charge in [-0.2, -0.15) is 0 Å². The summed E-state index contributed by atoms with van der Waals surface area (Å²) >= 11 is 6.01. The fourth-order valence-electron chi connectivity index (χ4n) is 1.62. The molecule has 0 heterocycles. The van der Waals surface area contributed by atoms with E-state index in [9.17, 15) is 4.79 Å². The van der Waals surface area contributed by atoms with Crippen molar-refractivity contribution in [2.45, 2.75) is 19.5 Å². The first-order valence-corrected chi connectivity index (χ1v) is 6.34. The van der Waals surface area contributed by atoms with E-state index in [2.05, 4.69) is 5.32 Å². The first kappa shape index (κ1) is 15.8. The molecule has 0 aliphatic carbocycles. The summed E-state index contributed by atoms with van der Waals surface area (Å²) in [5.41, 5.74) is 6.36. The molecule has 19 heavy (non-hydrogen) atoms. The van der Waals surface area contributed by atoms with Gasteiger partial charge in [-0.05, 0) is 13.0 Å². The van der Waals surface area contributed by atoms with Crippen LogP contribution in [-0.2, 0) is 16.1 Å². The van der Waals surface area contributed by atoms with E-state index in [1.807, 2.05) is 13.0 Å². The van der Waals surface area contributed by atoms with E-state index in [1.165, 1.54) is 0 Å². The molecule has 1 amide bonds. The molecule has 0 aliphatic heterocycles.